The second-order valence-corrected chi connectivity index (χ2v) is 7.00. The van der Waals surface area contributed by atoms with Gasteiger partial charge in [0.2, 0.25) is 0 Å². The van der Waals surface area contributed by atoms with Crippen LogP contribution in [0.15, 0.2) is 53.4 Å². The van der Waals surface area contributed by atoms with Crippen molar-refractivity contribution in [2.75, 3.05) is 6.26 Å². The van der Waals surface area contributed by atoms with Gasteiger partial charge in [-0.3, -0.25) is 0 Å². The fraction of sp³-hybridized carbons (Fsp3) is 0.125. The summed E-state index contributed by atoms with van der Waals surface area (Å²) in [7, 11) is -3.16. The maximum atomic E-state index is 11.6. The Morgan fingerprint density at radius 3 is 2.00 bits per heavy atom. The van der Waals surface area contributed by atoms with E-state index in [0.29, 0.717) is 4.90 Å². The molecule has 0 aliphatic rings. The number of rotatable bonds is 1. The summed E-state index contributed by atoms with van der Waals surface area (Å²) >= 11 is 0. The van der Waals surface area contributed by atoms with E-state index in [1.54, 1.807) is 12.1 Å². The molecule has 0 unspecified atom stereocenters. The summed E-state index contributed by atoms with van der Waals surface area (Å²) in [6, 6.07) is 15.7. The van der Waals surface area contributed by atoms with Gasteiger partial charge in [-0.15, -0.1) is 0 Å². The zero-order valence-corrected chi connectivity index (χ0v) is 11.7. The molecular formula is C16H14O2S. The van der Waals surface area contributed by atoms with Crippen molar-refractivity contribution in [1.29, 1.82) is 0 Å². The van der Waals surface area contributed by atoms with Crippen molar-refractivity contribution in [2.45, 2.75) is 11.8 Å². The summed E-state index contributed by atoms with van der Waals surface area (Å²) < 4.78 is 23.2. The van der Waals surface area contributed by atoms with Gasteiger partial charge in [0.05, 0.1) is 4.90 Å². The highest BCUT2D eigenvalue weighted by Gasteiger charge is 2.08. The molecule has 96 valence electrons. The van der Waals surface area contributed by atoms with Crippen molar-refractivity contribution >= 4 is 31.4 Å². The topological polar surface area (TPSA) is 34.1 Å². The molecule has 0 spiro atoms. The van der Waals surface area contributed by atoms with E-state index < -0.39 is 9.84 Å². The Hall–Kier alpha value is -1.87. The normalized spacial score (nSPS) is 12.1. The third kappa shape index (κ3) is 2.22. The van der Waals surface area contributed by atoms with Gasteiger partial charge in [-0.25, -0.2) is 8.42 Å². The molecule has 2 nitrogen and oxygen atoms in total. The fourth-order valence-electron chi connectivity index (χ4n) is 2.33. The number of benzene rings is 3. The van der Waals surface area contributed by atoms with Crippen LogP contribution >= 0.6 is 0 Å². The first kappa shape index (κ1) is 12.2. The van der Waals surface area contributed by atoms with E-state index in [2.05, 4.69) is 31.2 Å². The van der Waals surface area contributed by atoms with E-state index in [9.17, 15) is 8.42 Å². The quantitative estimate of drug-likeness (QED) is 0.632. The molecule has 3 heteroatoms. The molecule has 3 rings (SSSR count). The maximum absolute atomic E-state index is 11.6. The molecule has 3 aromatic carbocycles. The number of fused-ring (bicyclic) bond motifs is 2. The van der Waals surface area contributed by atoms with Gasteiger partial charge in [0.15, 0.2) is 9.84 Å². The van der Waals surface area contributed by atoms with Gasteiger partial charge in [0.1, 0.15) is 0 Å². The van der Waals surface area contributed by atoms with Crippen LogP contribution in [0.25, 0.3) is 21.5 Å². The van der Waals surface area contributed by atoms with Crippen LogP contribution in [0.2, 0.25) is 0 Å². The standard InChI is InChI=1S/C16H14O2S/c1-11-3-4-12-8-13-5-6-16(19(2,17)18)10-15(13)9-14(12)7-11/h3-10H,1-2H3. The summed E-state index contributed by atoms with van der Waals surface area (Å²) in [5.41, 5.74) is 1.20. The lowest BCUT2D eigenvalue weighted by molar-refractivity contribution is 0.602. The molecule has 0 aromatic heterocycles. The SMILES string of the molecule is Cc1ccc2cc3ccc(S(C)(=O)=O)cc3cc2c1. The highest BCUT2D eigenvalue weighted by atomic mass is 32.2. The monoisotopic (exact) mass is 270 g/mol. The first-order valence-electron chi connectivity index (χ1n) is 6.08. The number of hydrogen-bond acceptors (Lipinski definition) is 2. The average molecular weight is 270 g/mol. The van der Waals surface area contributed by atoms with Gasteiger partial charge >= 0.3 is 0 Å². The van der Waals surface area contributed by atoms with Crippen LogP contribution in [-0.2, 0) is 9.84 Å². The summed E-state index contributed by atoms with van der Waals surface area (Å²) in [6.45, 7) is 2.05. The molecule has 3 aromatic rings. The average Bonchev–Trinajstić information content (AvgIpc) is 2.34. The van der Waals surface area contributed by atoms with E-state index in [0.717, 1.165) is 16.2 Å². The Kier molecular flexibility index (Phi) is 2.61. The molecular weight excluding hydrogens is 256 g/mol. The lowest BCUT2D eigenvalue weighted by atomic mass is 10.0. The summed E-state index contributed by atoms with van der Waals surface area (Å²) in [5.74, 6) is 0. The van der Waals surface area contributed by atoms with Crippen LogP contribution in [0.1, 0.15) is 5.56 Å². The zero-order valence-electron chi connectivity index (χ0n) is 10.8. The Morgan fingerprint density at radius 1 is 0.737 bits per heavy atom. The minimum Gasteiger partial charge on any atom is -0.224 e. The predicted octanol–water partition coefficient (Wildman–Crippen LogP) is 3.70. The maximum Gasteiger partial charge on any atom is 0.175 e. The van der Waals surface area contributed by atoms with E-state index in [4.69, 9.17) is 0 Å². The fourth-order valence-corrected chi connectivity index (χ4v) is 2.98. The van der Waals surface area contributed by atoms with E-state index in [1.807, 2.05) is 12.1 Å². The van der Waals surface area contributed by atoms with Crippen molar-refractivity contribution in [1.82, 2.24) is 0 Å². The largest absolute Gasteiger partial charge is 0.224 e. The third-order valence-corrected chi connectivity index (χ3v) is 4.46. The third-order valence-electron chi connectivity index (χ3n) is 3.35. The highest BCUT2D eigenvalue weighted by Crippen LogP contribution is 2.25. The van der Waals surface area contributed by atoms with Crippen molar-refractivity contribution in [3.8, 4) is 0 Å². The summed E-state index contributed by atoms with van der Waals surface area (Å²) in [5, 5.41) is 4.33. The molecule has 0 saturated carbocycles. The molecule has 0 saturated heterocycles. The lowest BCUT2D eigenvalue weighted by Crippen LogP contribution is -1.96. The Morgan fingerprint density at radius 2 is 1.32 bits per heavy atom. The predicted molar refractivity (Wildman–Crippen MR) is 79.3 cm³/mol. The molecule has 0 aliphatic carbocycles. The van der Waals surface area contributed by atoms with Crippen molar-refractivity contribution < 1.29 is 8.42 Å². The first-order chi connectivity index (χ1) is 8.93. The van der Waals surface area contributed by atoms with Crippen LogP contribution in [-0.4, -0.2) is 14.7 Å². The minimum atomic E-state index is -3.16. The van der Waals surface area contributed by atoms with Gasteiger partial charge in [0.25, 0.3) is 0 Å². The molecule has 0 bridgehead atoms. The second kappa shape index (κ2) is 4.07. The number of aryl methyl sites for hydroxylation is 1. The number of sulfone groups is 1. The lowest BCUT2D eigenvalue weighted by Gasteiger charge is -2.05. The Balaban J connectivity index is 2.36. The molecule has 0 amide bonds. The molecule has 0 fully saturated rings. The van der Waals surface area contributed by atoms with Crippen LogP contribution in [0.4, 0.5) is 0 Å². The van der Waals surface area contributed by atoms with Crippen LogP contribution < -0.4 is 0 Å². The smallest absolute Gasteiger partial charge is 0.175 e. The zero-order chi connectivity index (χ0) is 13.6. The van der Waals surface area contributed by atoms with Crippen LogP contribution in [0, 0.1) is 6.92 Å². The molecule has 19 heavy (non-hydrogen) atoms. The van der Waals surface area contributed by atoms with Crippen molar-refractivity contribution in [3.05, 3.63) is 54.1 Å². The molecule has 0 aliphatic heterocycles. The van der Waals surface area contributed by atoms with Crippen LogP contribution in [0.5, 0.6) is 0 Å². The van der Waals surface area contributed by atoms with E-state index >= 15 is 0 Å². The Labute approximate surface area is 112 Å². The van der Waals surface area contributed by atoms with Gasteiger partial charge < -0.3 is 0 Å². The minimum absolute atomic E-state index is 0.368. The van der Waals surface area contributed by atoms with Gasteiger partial charge in [-0.2, -0.15) is 0 Å². The molecule has 0 atom stereocenters. The molecule has 0 heterocycles. The van der Waals surface area contributed by atoms with E-state index in [-0.39, 0.29) is 0 Å². The second-order valence-electron chi connectivity index (χ2n) is 4.98. The van der Waals surface area contributed by atoms with Crippen LogP contribution in [0.3, 0.4) is 0 Å². The number of hydrogen-bond donors (Lipinski definition) is 0. The molecule has 0 N–H and O–H groups in total. The highest BCUT2D eigenvalue weighted by molar-refractivity contribution is 7.90. The molecule has 0 radical (unpaired) electrons. The van der Waals surface area contributed by atoms with Crippen molar-refractivity contribution in [2.24, 2.45) is 0 Å². The van der Waals surface area contributed by atoms with Gasteiger partial charge in [0, 0.05) is 6.26 Å². The van der Waals surface area contributed by atoms with E-state index in [1.165, 1.54) is 17.2 Å². The summed E-state index contributed by atoms with van der Waals surface area (Å²) in [6.07, 6.45) is 1.24. The van der Waals surface area contributed by atoms with Gasteiger partial charge in [-0.1, -0.05) is 29.8 Å². The summed E-state index contributed by atoms with van der Waals surface area (Å²) in [4.78, 5) is 0.368. The first-order valence-corrected chi connectivity index (χ1v) is 7.97. The van der Waals surface area contributed by atoms with Gasteiger partial charge in [-0.05, 0) is 52.7 Å². The Bertz CT molecular complexity index is 893. The van der Waals surface area contributed by atoms with Crippen molar-refractivity contribution in [3.63, 3.8) is 0 Å².